The summed E-state index contributed by atoms with van der Waals surface area (Å²) in [5.41, 5.74) is 5.92. The van der Waals surface area contributed by atoms with E-state index in [9.17, 15) is 35.7 Å². The standard InChI is InChI=1S/C22H14N4O5S/c23-8-14-19(13-4-3-12(28)7-17(13)30)15(9-24)22-26(20(14)25)21(31)18(32-22)5-10-1-2-11(27)6-16(10)29/h1-7,19,27-30H,25H2/b18-5-/t19-/m0/s1. The Hall–Kier alpha value is -4.67. The first-order valence-corrected chi connectivity index (χ1v) is 9.90. The van der Waals surface area contributed by atoms with Crippen molar-refractivity contribution in [2.45, 2.75) is 5.92 Å². The van der Waals surface area contributed by atoms with E-state index in [2.05, 4.69) is 0 Å². The number of allylic oxidation sites excluding steroid dienone is 1. The van der Waals surface area contributed by atoms with Crippen LogP contribution in [0.5, 0.6) is 23.0 Å². The highest BCUT2D eigenvalue weighted by molar-refractivity contribution is 7.07. The molecule has 32 heavy (non-hydrogen) atoms. The molecule has 0 bridgehead atoms. The minimum Gasteiger partial charge on any atom is -0.508 e. The fraction of sp³-hybridized carbons (Fsp3) is 0.0455. The quantitative estimate of drug-likeness (QED) is 0.382. The lowest BCUT2D eigenvalue weighted by Crippen LogP contribution is -2.38. The van der Waals surface area contributed by atoms with Crippen LogP contribution in [0.4, 0.5) is 0 Å². The van der Waals surface area contributed by atoms with Gasteiger partial charge in [0.05, 0.1) is 33.7 Å². The van der Waals surface area contributed by atoms with Crippen molar-refractivity contribution in [3.05, 3.63) is 72.6 Å². The van der Waals surface area contributed by atoms with Crippen molar-refractivity contribution < 1.29 is 20.4 Å². The van der Waals surface area contributed by atoms with Gasteiger partial charge in [-0.25, -0.2) is 0 Å². The van der Waals surface area contributed by atoms with Crippen LogP contribution in [0.1, 0.15) is 17.0 Å². The van der Waals surface area contributed by atoms with E-state index in [1.165, 1.54) is 30.3 Å². The average Bonchev–Trinajstić information content (AvgIpc) is 3.06. The molecule has 0 amide bonds. The summed E-state index contributed by atoms with van der Waals surface area (Å²) in [4.78, 5) is 13.1. The molecule has 0 saturated heterocycles. The van der Waals surface area contributed by atoms with Crippen LogP contribution in [0.3, 0.4) is 0 Å². The largest absolute Gasteiger partial charge is 0.508 e. The van der Waals surface area contributed by atoms with Gasteiger partial charge in [-0.2, -0.15) is 10.5 Å². The maximum absolute atomic E-state index is 13.1. The zero-order chi connectivity index (χ0) is 23.2. The van der Waals surface area contributed by atoms with Gasteiger partial charge < -0.3 is 26.2 Å². The van der Waals surface area contributed by atoms with Crippen molar-refractivity contribution in [3.63, 3.8) is 0 Å². The van der Waals surface area contributed by atoms with Crippen LogP contribution < -0.4 is 20.5 Å². The number of thiazole rings is 1. The summed E-state index contributed by atoms with van der Waals surface area (Å²) in [6.07, 6.45) is 1.38. The van der Waals surface area contributed by atoms with Crippen molar-refractivity contribution in [3.8, 4) is 35.1 Å². The molecule has 0 radical (unpaired) electrons. The van der Waals surface area contributed by atoms with Gasteiger partial charge in [-0.3, -0.25) is 9.36 Å². The normalized spacial score (nSPS) is 15.9. The van der Waals surface area contributed by atoms with Crippen molar-refractivity contribution in [1.82, 2.24) is 4.57 Å². The van der Waals surface area contributed by atoms with E-state index in [0.29, 0.717) is 0 Å². The Morgan fingerprint density at radius 1 is 0.969 bits per heavy atom. The second-order valence-electron chi connectivity index (χ2n) is 6.91. The summed E-state index contributed by atoms with van der Waals surface area (Å²) in [5, 5.41) is 59.1. The lowest BCUT2D eigenvalue weighted by Gasteiger charge is -2.22. The van der Waals surface area contributed by atoms with Gasteiger partial charge in [-0.15, -0.1) is 11.3 Å². The van der Waals surface area contributed by atoms with E-state index in [4.69, 9.17) is 5.73 Å². The number of benzene rings is 2. The molecule has 3 aromatic rings. The molecule has 1 aliphatic heterocycles. The summed E-state index contributed by atoms with van der Waals surface area (Å²) in [7, 11) is 0. The molecular weight excluding hydrogens is 432 g/mol. The third kappa shape index (κ3) is 3.12. The minimum atomic E-state index is -1.04. The smallest absolute Gasteiger partial charge is 0.274 e. The molecule has 2 aromatic carbocycles. The molecule has 0 fully saturated rings. The van der Waals surface area contributed by atoms with Crippen LogP contribution in [0.2, 0.25) is 0 Å². The molecule has 1 atom stereocenters. The maximum Gasteiger partial charge on any atom is 0.274 e. The zero-order valence-electron chi connectivity index (χ0n) is 16.1. The molecule has 0 spiro atoms. The van der Waals surface area contributed by atoms with Gasteiger partial charge >= 0.3 is 0 Å². The molecule has 1 aliphatic rings. The number of nitrogens with zero attached hydrogens (tertiary/aromatic N) is 3. The molecule has 0 saturated carbocycles. The highest BCUT2D eigenvalue weighted by Gasteiger charge is 2.33. The Morgan fingerprint density at radius 2 is 1.59 bits per heavy atom. The lowest BCUT2D eigenvalue weighted by atomic mass is 9.84. The Morgan fingerprint density at radius 3 is 2.19 bits per heavy atom. The van der Waals surface area contributed by atoms with Crippen LogP contribution in [-0.2, 0) is 0 Å². The number of hydrogen-bond acceptors (Lipinski definition) is 9. The fourth-order valence-corrected chi connectivity index (χ4v) is 4.65. The second kappa shape index (κ2) is 7.54. The third-order valence-electron chi connectivity index (χ3n) is 5.01. The third-order valence-corrected chi connectivity index (χ3v) is 6.12. The van der Waals surface area contributed by atoms with Gasteiger partial charge in [0.15, 0.2) is 0 Å². The molecule has 10 heteroatoms. The van der Waals surface area contributed by atoms with Crippen LogP contribution >= 0.6 is 11.3 Å². The lowest BCUT2D eigenvalue weighted by molar-refractivity contribution is 0.445. The molecule has 0 aliphatic carbocycles. The Kier molecular flexibility index (Phi) is 4.85. The number of hydrogen-bond donors (Lipinski definition) is 5. The van der Waals surface area contributed by atoms with E-state index in [-0.39, 0.29) is 60.3 Å². The van der Waals surface area contributed by atoms with Gasteiger partial charge in [0.25, 0.3) is 5.56 Å². The van der Waals surface area contributed by atoms with Gasteiger partial charge in [0.1, 0.15) is 33.5 Å². The number of nitrogens with two attached hydrogens (primary N) is 1. The molecule has 1 aromatic heterocycles. The summed E-state index contributed by atoms with van der Waals surface area (Å²) >= 11 is 0.933. The monoisotopic (exact) mass is 446 g/mol. The second-order valence-corrected chi connectivity index (χ2v) is 7.94. The molecule has 0 unspecified atom stereocenters. The summed E-state index contributed by atoms with van der Waals surface area (Å²) in [6, 6.07) is 11.6. The fourth-order valence-electron chi connectivity index (χ4n) is 3.53. The number of fused-ring (bicyclic) bond motifs is 1. The van der Waals surface area contributed by atoms with Crippen molar-refractivity contribution in [1.29, 1.82) is 10.5 Å². The number of phenolic OH excluding ortho intramolecular Hbond substituents is 4. The Balaban J connectivity index is 2.07. The summed E-state index contributed by atoms with van der Waals surface area (Å²) in [5.74, 6) is -2.16. The van der Waals surface area contributed by atoms with Gasteiger partial charge in [-0.1, -0.05) is 6.07 Å². The van der Waals surface area contributed by atoms with Gasteiger partial charge in [0.2, 0.25) is 0 Å². The van der Waals surface area contributed by atoms with E-state index in [1.807, 2.05) is 12.1 Å². The van der Waals surface area contributed by atoms with Crippen LogP contribution in [0.15, 0.2) is 46.8 Å². The SMILES string of the molecule is N#CC1=C(N)n2c(s/c(=C\c3ccc(O)cc3O)c2=O)=C(C#N)[C@H]1c1ccc(O)cc1O. The van der Waals surface area contributed by atoms with Crippen molar-refractivity contribution >= 4 is 28.8 Å². The highest BCUT2D eigenvalue weighted by Crippen LogP contribution is 2.40. The number of rotatable bonds is 2. The number of aromatic nitrogens is 1. The maximum atomic E-state index is 13.1. The van der Waals surface area contributed by atoms with Crippen molar-refractivity contribution in [2.24, 2.45) is 5.73 Å². The number of aromatic hydroxyl groups is 4. The van der Waals surface area contributed by atoms with Crippen LogP contribution in [-0.4, -0.2) is 25.0 Å². The Labute approximate surface area is 184 Å². The predicted molar refractivity (Wildman–Crippen MR) is 116 cm³/mol. The molecule has 158 valence electrons. The van der Waals surface area contributed by atoms with E-state index in [0.717, 1.165) is 28.0 Å². The van der Waals surface area contributed by atoms with Gasteiger partial charge in [-0.05, 0) is 24.3 Å². The van der Waals surface area contributed by atoms with E-state index < -0.39 is 11.5 Å². The highest BCUT2D eigenvalue weighted by atomic mass is 32.1. The molecule has 6 N–H and O–H groups in total. The zero-order valence-corrected chi connectivity index (χ0v) is 17.0. The molecular formula is C22H14N4O5S. The first kappa shape index (κ1) is 20.6. The molecule has 2 heterocycles. The van der Waals surface area contributed by atoms with Crippen LogP contribution in [0.25, 0.3) is 17.5 Å². The van der Waals surface area contributed by atoms with E-state index in [1.54, 1.807) is 0 Å². The van der Waals surface area contributed by atoms with Gasteiger partial charge in [0, 0.05) is 23.3 Å². The first-order valence-electron chi connectivity index (χ1n) is 9.08. The summed E-state index contributed by atoms with van der Waals surface area (Å²) < 4.78 is 1.36. The summed E-state index contributed by atoms with van der Waals surface area (Å²) in [6.45, 7) is 0. The number of phenols is 4. The molecule has 4 rings (SSSR count). The van der Waals surface area contributed by atoms with Crippen LogP contribution in [0, 0.1) is 22.7 Å². The predicted octanol–water partition coefficient (Wildman–Crippen LogP) is 0.684. The van der Waals surface area contributed by atoms with E-state index >= 15 is 0 Å². The average molecular weight is 446 g/mol. The molecule has 9 nitrogen and oxygen atoms in total. The first-order chi connectivity index (χ1) is 15.3. The van der Waals surface area contributed by atoms with Crippen molar-refractivity contribution in [2.75, 3.05) is 0 Å². The Bertz CT molecular complexity index is 1580. The number of nitriles is 2. The minimum absolute atomic E-state index is 0.0217. The topological polar surface area (TPSA) is 177 Å².